The zero-order valence-electron chi connectivity index (χ0n) is 13.2. The Morgan fingerprint density at radius 1 is 1.12 bits per heavy atom. The van der Waals surface area contributed by atoms with Gasteiger partial charge in [0.2, 0.25) is 15.9 Å². The summed E-state index contributed by atoms with van der Waals surface area (Å²) in [5, 5.41) is 3.27. The molecule has 3 rings (SSSR count). The second kappa shape index (κ2) is 7.61. The molecule has 0 radical (unpaired) electrons. The second-order valence-corrected chi connectivity index (χ2v) is 9.30. The maximum atomic E-state index is 12.9. The third-order valence-corrected chi connectivity index (χ3v) is 6.93. The third-order valence-electron chi connectivity index (χ3n) is 4.04. The van der Waals surface area contributed by atoms with Crippen LogP contribution in [-0.2, 0) is 14.8 Å². The van der Waals surface area contributed by atoms with Crippen molar-refractivity contribution in [3.63, 3.8) is 0 Å². The van der Waals surface area contributed by atoms with Gasteiger partial charge in [-0.3, -0.25) is 4.79 Å². The zero-order chi connectivity index (χ0) is 18.0. The molecule has 1 aliphatic rings. The molecule has 2 aromatic carbocycles. The van der Waals surface area contributed by atoms with E-state index in [0.29, 0.717) is 30.1 Å². The van der Waals surface area contributed by atoms with Gasteiger partial charge in [0.05, 0.1) is 4.90 Å². The van der Waals surface area contributed by atoms with Gasteiger partial charge < -0.3 is 5.32 Å². The molecular formula is C17H16ClIN2O3S. The summed E-state index contributed by atoms with van der Waals surface area (Å²) in [6.45, 7) is 0.329. The molecule has 0 saturated carbocycles. The van der Waals surface area contributed by atoms with Gasteiger partial charge >= 0.3 is 0 Å². The zero-order valence-corrected chi connectivity index (χ0v) is 16.9. The number of rotatable bonds is 4. The number of benzene rings is 2. The monoisotopic (exact) mass is 490 g/mol. The molecule has 1 atom stereocenters. The Morgan fingerprint density at radius 2 is 1.76 bits per heavy atom. The van der Waals surface area contributed by atoms with Gasteiger partial charge in [-0.25, -0.2) is 8.42 Å². The van der Waals surface area contributed by atoms with E-state index in [1.807, 2.05) is 12.1 Å². The first-order valence-electron chi connectivity index (χ1n) is 7.72. The number of carbonyl (C=O) groups is 1. The van der Waals surface area contributed by atoms with E-state index in [1.54, 1.807) is 12.1 Å². The summed E-state index contributed by atoms with van der Waals surface area (Å²) >= 11 is 8.01. The van der Waals surface area contributed by atoms with E-state index in [9.17, 15) is 13.2 Å². The van der Waals surface area contributed by atoms with Crippen molar-refractivity contribution in [2.24, 2.45) is 0 Å². The Labute approximate surface area is 165 Å². The molecule has 1 aliphatic heterocycles. The molecule has 5 nitrogen and oxygen atoms in total. The minimum absolute atomic E-state index is 0.144. The molecule has 8 heteroatoms. The lowest BCUT2D eigenvalue weighted by molar-refractivity contribution is -0.119. The molecule has 1 heterocycles. The highest BCUT2D eigenvalue weighted by Crippen LogP contribution is 2.27. The number of hydrogen-bond acceptors (Lipinski definition) is 3. The predicted molar refractivity (Wildman–Crippen MR) is 106 cm³/mol. The van der Waals surface area contributed by atoms with Gasteiger partial charge in [-0.2, -0.15) is 4.31 Å². The first-order chi connectivity index (χ1) is 11.9. The standard InChI is InChI=1S/C17H16ClIN2O3S/c18-12-3-9-15(10-4-12)25(23,24)21-11-1-2-16(21)17(22)20-14-7-5-13(19)6-8-14/h3-10,16H,1-2,11H2,(H,20,22)/t16-/m0/s1. The summed E-state index contributed by atoms with van der Waals surface area (Å²) in [7, 11) is -3.74. The summed E-state index contributed by atoms with van der Waals surface area (Å²) < 4.78 is 28.1. The van der Waals surface area contributed by atoms with Gasteiger partial charge in [0.15, 0.2) is 0 Å². The molecule has 1 amide bonds. The number of anilines is 1. The fourth-order valence-corrected chi connectivity index (χ4v) is 4.93. The van der Waals surface area contributed by atoms with Crippen molar-refractivity contribution >= 4 is 55.8 Å². The largest absolute Gasteiger partial charge is 0.325 e. The smallest absolute Gasteiger partial charge is 0.243 e. The van der Waals surface area contributed by atoms with Crippen LogP contribution in [0.25, 0.3) is 0 Å². The van der Waals surface area contributed by atoms with Crippen LogP contribution in [0.4, 0.5) is 5.69 Å². The van der Waals surface area contributed by atoms with Gasteiger partial charge in [0.1, 0.15) is 6.04 Å². The number of sulfonamides is 1. The lowest BCUT2D eigenvalue weighted by Gasteiger charge is -2.23. The number of nitrogens with zero attached hydrogens (tertiary/aromatic N) is 1. The van der Waals surface area contributed by atoms with Crippen molar-refractivity contribution < 1.29 is 13.2 Å². The molecule has 25 heavy (non-hydrogen) atoms. The van der Waals surface area contributed by atoms with E-state index >= 15 is 0 Å². The van der Waals surface area contributed by atoms with Crippen LogP contribution >= 0.6 is 34.2 Å². The molecule has 0 bridgehead atoms. The average molecular weight is 491 g/mol. The minimum Gasteiger partial charge on any atom is -0.325 e. The summed E-state index contributed by atoms with van der Waals surface area (Å²) in [5.41, 5.74) is 0.654. The highest BCUT2D eigenvalue weighted by Gasteiger charge is 2.39. The van der Waals surface area contributed by atoms with Crippen LogP contribution < -0.4 is 5.32 Å². The Bertz CT molecular complexity index is 870. The molecule has 2 aromatic rings. The normalized spacial score (nSPS) is 18.2. The van der Waals surface area contributed by atoms with E-state index < -0.39 is 16.1 Å². The van der Waals surface area contributed by atoms with E-state index in [0.717, 1.165) is 3.57 Å². The summed E-state index contributed by atoms with van der Waals surface area (Å²) in [4.78, 5) is 12.7. The Morgan fingerprint density at radius 3 is 2.40 bits per heavy atom. The summed E-state index contributed by atoms with van der Waals surface area (Å²) in [6, 6.07) is 12.6. The molecule has 1 saturated heterocycles. The van der Waals surface area contributed by atoms with Gasteiger partial charge in [0, 0.05) is 20.8 Å². The topological polar surface area (TPSA) is 66.5 Å². The van der Waals surface area contributed by atoms with Crippen molar-refractivity contribution in [3.05, 3.63) is 57.1 Å². The van der Waals surface area contributed by atoms with Crippen LogP contribution in [0.2, 0.25) is 5.02 Å². The van der Waals surface area contributed by atoms with Crippen molar-refractivity contribution in [1.82, 2.24) is 4.31 Å². The van der Waals surface area contributed by atoms with Crippen molar-refractivity contribution in [1.29, 1.82) is 0 Å². The van der Waals surface area contributed by atoms with Crippen LogP contribution in [-0.4, -0.2) is 31.2 Å². The van der Waals surface area contributed by atoms with E-state index in [-0.39, 0.29) is 10.8 Å². The van der Waals surface area contributed by atoms with E-state index in [2.05, 4.69) is 27.9 Å². The predicted octanol–water partition coefficient (Wildman–Crippen LogP) is 3.74. The van der Waals surface area contributed by atoms with Crippen LogP contribution in [0.1, 0.15) is 12.8 Å². The lowest BCUT2D eigenvalue weighted by atomic mass is 10.2. The van der Waals surface area contributed by atoms with E-state index in [4.69, 9.17) is 11.6 Å². The lowest BCUT2D eigenvalue weighted by Crippen LogP contribution is -2.43. The molecule has 132 valence electrons. The Balaban J connectivity index is 1.80. The van der Waals surface area contributed by atoms with Crippen molar-refractivity contribution in [2.75, 3.05) is 11.9 Å². The fourth-order valence-electron chi connectivity index (χ4n) is 2.79. The molecule has 0 unspecified atom stereocenters. The highest BCUT2D eigenvalue weighted by atomic mass is 127. The van der Waals surface area contributed by atoms with Gasteiger partial charge in [-0.05, 0) is 84.0 Å². The third kappa shape index (κ3) is 4.16. The van der Waals surface area contributed by atoms with Crippen LogP contribution in [0, 0.1) is 3.57 Å². The van der Waals surface area contributed by atoms with Crippen LogP contribution in [0.3, 0.4) is 0 Å². The minimum atomic E-state index is -3.74. The Hall–Kier alpha value is -1.16. The molecule has 0 aromatic heterocycles. The van der Waals surface area contributed by atoms with E-state index in [1.165, 1.54) is 28.6 Å². The quantitative estimate of drug-likeness (QED) is 0.664. The van der Waals surface area contributed by atoms with Crippen molar-refractivity contribution in [3.8, 4) is 0 Å². The van der Waals surface area contributed by atoms with Gasteiger partial charge in [-0.15, -0.1) is 0 Å². The molecule has 0 aliphatic carbocycles. The number of nitrogens with one attached hydrogen (secondary N) is 1. The number of amides is 1. The number of halogens is 2. The first kappa shape index (κ1) is 18.6. The fraction of sp³-hybridized carbons (Fsp3) is 0.235. The molecular weight excluding hydrogens is 475 g/mol. The molecule has 0 spiro atoms. The van der Waals surface area contributed by atoms with Gasteiger partial charge in [-0.1, -0.05) is 11.6 Å². The number of carbonyl (C=O) groups excluding carboxylic acids is 1. The highest BCUT2D eigenvalue weighted by molar-refractivity contribution is 14.1. The van der Waals surface area contributed by atoms with Crippen molar-refractivity contribution in [2.45, 2.75) is 23.8 Å². The summed E-state index contributed by atoms with van der Waals surface area (Å²) in [5.74, 6) is -0.309. The first-order valence-corrected chi connectivity index (χ1v) is 10.6. The summed E-state index contributed by atoms with van der Waals surface area (Å²) in [6.07, 6.45) is 1.15. The second-order valence-electron chi connectivity index (χ2n) is 5.72. The SMILES string of the molecule is O=C(Nc1ccc(I)cc1)[C@@H]1CCCN1S(=O)(=O)c1ccc(Cl)cc1. The maximum absolute atomic E-state index is 12.9. The van der Waals surface area contributed by atoms with Crippen LogP contribution in [0.15, 0.2) is 53.4 Å². The molecule has 1 N–H and O–H groups in total. The maximum Gasteiger partial charge on any atom is 0.243 e. The van der Waals surface area contributed by atoms with Crippen LogP contribution in [0.5, 0.6) is 0 Å². The average Bonchev–Trinajstić information content (AvgIpc) is 3.08. The number of hydrogen-bond donors (Lipinski definition) is 1. The molecule has 1 fully saturated rings. The van der Waals surface area contributed by atoms with Gasteiger partial charge in [0.25, 0.3) is 0 Å². The Kier molecular flexibility index (Phi) is 5.67.